The molecule has 4 aromatic rings. The molecule has 1 aliphatic carbocycles. The van der Waals surface area contributed by atoms with Crippen molar-refractivity contribution in [2.45, 2.75) is 56.5 Å². The number of alkyl halides is 3. The minimum absolute atomic E-state index is 0.163. The molecule has 1 aliphatic rings. The number of carbonyl (C=O) groups is 2. The van der Waals surface area contributed by atoms with Gasteiger partial charge in [0, 0.05) is 18.3 Å². The first kappa shape index (κ1) is 28.3. The molecule has 3 heterocycles. The Morgan fingerprint density at radius 2 is 1.71 bits per heavy atom. The quantitative estimate of drug-likeness (QED) is 0.235. The number of unbranched alkanes of at least 4 members (excludes halogenated alkanes) is 1. The van der Waals surface area contributed by atoms with Crippen LogP contribution in [-0.4, -0.2) is 37.2 Å². The number of anilines is 2. The zero-order chi connectivity index (χ0) is 28.9. The van der Waals surface area contributed by atoms with E-state index < -0.39 is 17.2 Å². The van der Waals surface area contributed by atoms with Crippen molar-refractivity contribution < 1.29 is 22.8 Å². The molecule has 13 heteroatoms. The first-order valence-corrected chi connectivity index (χ1v) is 13.9. The second kappa shape index (κ2) is 12.1. The van der Waals surface area contributed by atoms with Crippen molar-refractivity contribution in [2.75, 3.05) is 10.6 Å². The van der Waals surface area contributed by atoms with E-state index >= 15 is 0 Å². The maximum absolute atomic E-state index is 13.1. The van der Waals surface area contributed by atoms with Crippen molar-refractivity contribution >= 4 is 34.1 Å². The van der Waals surface area contributed by atoms with Gasteiger partial charge in [-0.25, -0.2) is 0 Å². The molecule has 5 rings (SSSR count). The Kier molecular flexibility index (Phi) is 8.34. The minimum atomic E-state index is -4.47. The Morgan fingerprint density at radius 1 is 0.878 bits per heavy atom. The second-order valence-corrected chi connectivity index (χ2v) is 10.8. The van der Waals surface area contributed by atoms with Gasteiger partial charge >= 0.3 is 6.18 Å². The van der Waals surface area contributed by atoms with Gasteiger partial charge < -0.3 is 10.6 Å². The van der Waals surface area contributed by atoms with Crippen LogP contribution in [0, 0.1) is 0 Å². The van der Waals surface area contributed by atoms with Crippen molar-refractivity contribution in [3.63, 3.8) is 0 Å². The van der Waals surface area contributed by atoms with Crippen LogP contribution in [0.3, 0.4) is 0 Å². The van der Waals surface area contributed by atoms with Crippen LogP contribution in [0.1, 0.15) is 53.2 Å². The highest BCUT2D eigenvalue weighted by Crippen LogP contribution is 2.49. The van der Waals surface area contributed by atoms with Gasteiger partial charge in [0.25, 0.3) is 0 Å². The van der Waals surface area contributed by atoms with E-state index in [2.05, 4.69) is 36.0 Å². The Balaban J connectivity index is 1.06. The molecular formula is C28H26F3N7O2S. The van der Waals surface area contributed by atoms with Crippen molar-refractivity contribution in [3.8, 4) is 0 Å². The molecule has 41 heavy (non-hydrogen) atoms. The van der Waals surface area contributed by atoms with Crippen LogP contribution in [0.5, 0.6) is 0 Å². The molecule has 9 nitrogen and oxygen atoms in total. The predicted octanol–water partition coefficient (Wildman–Crippen LogP) is 5.16. The number of aryl methyl sites for hydroxylation is 2. The molecule has 212 valence electrons. The maximum Gasteiger partial charge on any atom is 0.416 e. The smallest absolute Gasteiger partial charge is 0.308 e. The number of carbonyl (C=O) groups excluding carboxylic acids is 2. The third kappa shape index (κ3) is 7.28. The standard InChI is InChI=1S/C28H26F3N7O2S/c29-28(30,31)19-7-5-6-18(16-19)27(13-14-27)25(40)33-22-12-11-20(35-36-22)8-1-2-10-24-37-38-26(41-24)34-23(39)17-21-9-3-4-15-32-21/h3-7,9,11-12,15-16H,1-2,8,10,13-14,17H2,(H,33,36,40)(H,34,38,39). The van der Waals surface area contributed by atoms with Crippen LogP contribution in [0.15, 0.2) is 60.8 Å². The van der Waals surface area contributed by atoms with E-state index in [1.165, 1.54) is 17.4 Å². The van der Waals surface area contributed by atoms with Crippen LogP contribution in [0.25, 0.3) is 0 Å². The molecule has 0 spiro atoms. The molecule has 1 fully saturated rings. The third-order valence-electron chi connectivity index (χ3n) is 6.74. The summed E-state index contributed by atoms with van der Waals surface area (Å²) in [7, 11) is 0. The average molecular weight is 582 g/mol. The number of halogens is 3. The highest BCUT2D eigenvalue weighted by atomic mass is 32.1. The lowest BCUT2D eigenvalue weighted by atomic mass is 9.93. The number of amides is 2. The highest BCUT2D eigenvalue weighted by molar-refractivity contribution is 7.15. The monoisotopic (exact) mass is 581 g/mol. The lowest BCUT2D eigenvalue weighted by Crippen LogP contribution is -2.28. The lowest BCUT2D eigenvalue weighted by Gasteiger charge is -2.17. The fraction of sp³-hybridized carbons (Fsp3) is 0.321. The number of hydrogen-bond donors (Lipinski definition) is 2. The Morgan fingerprint density at radius 3 is 2.41 bits per heavy atom. The van der Waals surface area contributed by atoms with Gasteiger partial charge in [-0.1, -0.05) is 35.6 Å². The van der Waals surface area contributed by atoms with Crippen LogP contribution in [0.2, 0.25) is 0 Å². The van der Waals surface area contributed by atoms with E-state index in [0.717, 1.165) is 35.7 Å². The number of rotatable bonds is 11. The van der Waals surface area contributed by atoms with E-state index in [1.807, 2.05) is 6.07 Å². The van der Waals surface area contributed by atoms with Crippen LogP contribution >= 0.6 is 11.3 Å². The van der Waals surface area contributed by atoms with Gasteiger partial charge in [0.2, 0.25) is 16.9 Å². The molecule has 0 bridgehead atoms. The molecular weight excluding hydrogens is 555 g/mol. The Bertz CT molecular complexity index is 1510. The number of nitrogens with one attached hydrogen (secondary N) is 2. The molecule has 0 atom stereocenters. The van der Waals surface area contributed by atoms with Crippen molar-refractivity contribution in [1.82, 2.24) is 25.4 Å². The number of aromatic nitrogens is 5. The van der Waals surface area contributed by atoms with E-state index in [9.17, 15) is 22.8 Å². The van der Waals surface area contributed by atoms with Crippen molar-refractivity contribution in [3.05, 3.63) is 88.3 Å². The SMILES string of the molecule is O=C(Cc1ccccn1)Nc1nnc(CCCCc2ccc(NC(=O)C3(c4cccc(C(F)(F)F)c4)CC3)nn2)s1. The summed E-state index contributed by atoms with van der Waals surface area (Å²) in [5.41, 5.74) is 0.0302. The molecule has 1 saturated carbocycles. The summed E-state index contributed by atoms with van der Waals surface area (Å²) in [5, 5.41) is 23.2. The van der Waals surface area contributed by atoms with Crippen molar-refractivity contribution in [2.24, 2.45) is 0 Å². The maximum atomic E-state index is 13.1. The summed E-state index contributed by atoms with van der Waals surface area (Å²) in [5.74, 6) is -0.334. The fourth-order valence-corrected chi connectivity index (χ4v) is 5.18. The molecule has 2 amide bonds. The minimum Gasteiger partial charge on any atom is -0.308 e. The van der Waals surface area contributed by atoms with Gasteiger partial charge in [-0.05, 0) is 68.0 Å². The molecule has 0 aliphatic heterocycles. The third-order valence-corrected chi connectivity index (χ3v) is 7.64. The van der Waals surface area contributed by atoms with Crippen LogP contribution in [0.4, 0.5) is 24.1 Å². The lowest BCUT2D eigenvalue weighted by molar-refractivity contribution is -0.137. The Hall–Kier alpha value is -4.26. The van der Waals surface area contributed by atoms with E-state index in [-0.39, 0.29) is 24.1 Å². The topological polar surface area (TPSA) is 123 Å². The summed E-state index contributed by atoms with van der Waals surface area (Å²) in [6.07, 6.45) is 1.29. The largest absolute Gasteiger partial charge is 0.416 e. The number of pyridine rings is 1. The van der Waals surface area contributed by atoms with E-state index in [0.29, 0.717) is 42.1 Å². The van der Waals surface area contributed by atoms with E-state index in [1.54, 1.807) is 36.5 Å². The first-order valence-electron chi connectivity index (χ1n) is 13.1. The summed E-state index contributed by atoms with van der Waals surface area (Å²) in [6.45, 7) is 0. The van der Waals surface area contributed by atoms with Crippen LogP contribution < -0.4 is 10.6 Å². The van der Waals surface area contributed by atoms with Gasteiger partial charge in [-0.2, -0.15) is 18.3 Å². The molecule has 0 saturated heterocycles. The second-order valence-electron chi connectivity index (χ2n) is 9.78. The highest BCUT2D eigenvalue weighted by Gasteiger charge is 2.52. The fourth-order valence-electron chi connectivity index (χ4n) is 4.38. The molecule has 0 unspecified atom stereocenters. The summed E-state index contributed by atoms with van der Waals surface area (Å²) in [6, 6.07) is 13.7. The summed E-state index contributed by atoms with van der Waals surface area (Å²) >= 11 is 1.33. The van der Waals surface area contributed by atoms with Gasteiger partial charge in [0.05, 0.1) is 23.1 Å². The van der Waals surface area contributed by atoms with Crippen LogP contribution in [-0.2, 0) is 40.4 Å². The van der Waals surface area contributed by atoms with Gasteiger partial charge in [0.15, 0.2) is 5.82 Å². The molecule has 2 N–H and O–H groups in total. The van der Waals surface area contributed by atoms with Gasteiger partial charge in [-0.15, -0.1) is 15.3 Å². The van der Waals surface area contributed by atoms with Crippen molar-refractivity contribution in [1.29, 1.82) is 0 Å². The van der Waals surface area contributed by atoms with Gasteiger partial charge in [0.1, 0.15) is 5.01 Å². The predicted molar refractivity (Wildman–Crippen MR) is 146 cm³/mol. The summed E-state index contributed by atoms with van der Waals surface area (Å²) in [4.78, 5) is 29.2. The number of nitrogens with zero attached hydrogens (tertiary/aromatic N) is 5. The number of benzene rings is 1. The molecule has 3 aromatic heterocycles. The zero-order valence-electron chi connectivity index (χ0n) is 21.8. The molecule has 1 aromatic carbocycles. The Labute approximate surface area is 237 Å². The number of hydrogen-bond acceptors (Lipinski definition) is 8. The first-order chi connectivity index (χ1) is 19.7. The normalized spacial score (nSPS) is 13.9. The van der Waals surface area contributed by atoms with Gasteiger partial charge in [-0.3, -0.25) is 14.6 Å². The average Bonchev–Trinajstić information content (AvgIpc) is 3.66. The molecule has 0 radical (unpaired) electrons. The summed E-state index contributed by atoms with van der Waals surface area (Å²) < 4.78 is 39.4. The zero-order valence-corrected chi connectivity index (χ0v) is 22.6. The van der Waals surface area contributed by atoms with E-state index in [4.69, 9.17) is 0 Å².